The van der Waals surface area contributed by atoms with Gasteiger partial charge in [-0.15, -0.1) is 0 Å². The van der Waals surface area contributed by atoms with Crippen molar-refractivity contribution in [1.29, 1.82) is 0 Å². The van der Waals surface area contributed by atoms with Crippen LogP contribution in [0.2, 0.25) is 0 Å². The summed E-state index contributed by atoms with van der Waals surface area (Å²) in [4.78, 5) is 28.7. The number of hydrogen-bond acceptors (Lipinski definition) is 3. The highest BCUT2D eigenvalue weighted by Gasteiger charge is 2.44. The van der Waals surface area contributed by atoms with Crippen molar-refractivity contribution >= 4 is 11.8 Å². The van der Waals surface area contributed by atoms with Gasteiger partial charge in [0, 0.05) is 37.2 Å². The highest BCUT2D eigenvalue weighted by Crippen LogP contribution is 2.43. The lowest BCUT2D eigenvalue weighted by Gasteiger charge is -2.41. The maximum Gasteiger partial charge on any atom is 0.242 e. The van der Waals surface area contributed by atoms with Crippen LogP contribution in [-0.2, 0) is 21.4 Å². The van der Waals surface area contributed by atoms with Gasteiger partial charge in [0.05, 0.1) is 12.7 Å². The van der Waals surface area contributed by atoms with Crippen molar-refractivity contribution in [2.24, 2.45) is 0 Å². The summed E-state index contributed by atoms with van der Waals surface area (Å²) in [6.07, 6.45) is 9.88. The second-order valence-corrected chi connectivity index (χ2v) is 7.60. The van der Waals surface area contributed by atoms with Gasteiger partial charge in [-0.05, 0) is 44.1 Å². The van der Waals surface area contributed by atoms with E-state index in [4.69, 9.17) is 0 Å². The zero-order chi connectivity index (χ0) is 16.6. The van der Waals surface area contributed by atoms with E-state index in [1.807, 2.05) is 11.1 Å². The minimum absolute atomic E-state index is 0.0581. The van der Waals surface area contributed by atoms with Crippen molar-refractivity contribution in [3.05, 3.63) is 17.5 Å². The van der Waals surface area contributed by atoms with Crippen molar-refractivity contribution in [2.45, 2.75) is 56.8 Å². The fraction of sp³-hybridized carbons (Fsp3) is 0.722. The SMILES string of the molecule is O=C1CCCCCN1CC(=O)N1CCCC2(CCc3cn[nH]c32)C1. The van der Waals surface area contributed by atoms with Gasteiger partial charge in [-0.3, -0.25) is 14.7 Å². The van der Waals surface area contributed by atoms with Crippen LogP contribution >= 0.6 is 0 Å². The highest BCUT2D eigenvalue weighted by molar-refractivity contribution is 5.85. The molecular formula is C18H26N4O2. The zero-order valence-electron chi connectivity index (χ0n) is 14.2. The lowest BCUT2D eigenvalue weighted by Crippen LogP contribution is -2.51. The molecule has 6 nitrogen and oxygen atoms in total. The van der Waals surface area contributed by atoms with Crippen molar-refractivity contribution in [3.8, 4) is 0 Å². The summed E-state index contributed by atoms with van der Waals surface area (Å²) in [5, 5.41) is 7.38. The third-order valence-corrected chi connectivity index (χ3v) is 6.05. The van der Waals surface area contributed by atoms with Crippen molar-refractivity contribution < 1.29 is 9.59 Å². The van der Waals surface area contributed by atoms with Gasteiger partial charge in [0.15, 0.2) is 0 Å². The number of aryl methyl sites for hydroxylation is 1. The van der Waals surface area contributed by atoms with Gasteiger partial charge >= 0.3 is 0 Å². The van der Waals surface area contributed by atoms with E-state index in [1.165, 1.54) is 11.3 Å². The topological polar surface area (TPSA) is 69.3 Å². The number of fused-ring (bicyclic) bond motifs is 2. The van der Waals surface area contributed by atoms with E-state index in [0.717, 1.165) is 64.6 Å². The number of aromatic nitrogens is 2. The molecule has 1 N–H and O–H groups in total. The monoisotopic (exact) mass is 330 g/mol. The van der Waals surface area contributed by atoms with E-state index in [1.54, 1.807) is 4.90 Å². The summed E-state index contributed by atoms with van der Waals surface area (Å²) in [5.41, 5.74) is 2.61. The molecule has 1 aromatic rings. The molecule has 24 heavy (non-hydrogen) atoms. The predicted octanol–water partition coefficient (Wildman–Crippen LogP) is 1.62. The average molecular weight is 330 g/mol. The molecule has 1 unspecified atom stereocenters. The van der Waals surface area contributed by atoms with E-state index in [9.17, 15) is 9.59 Å². The standard InChI is InChI=1S/C18H26N4O2/c23-15-5-2-1-3-9-21(15)12-16(24)22-10-4-7-18(13-22)8-6-14-11-19-20-17(14)18/h11H,1-10,12-13H2,(H,19,20). The largest absolute Gasteiger partial charge is 0.340 e. The molecule has 0 radical (unpaired) electrons. The van der Waals surface area contributed by atoms with Gasteiger partial charge in [0.2, 0.25) is 11.8 Å². The first-order chi connectivity index (χ1) is 11.7. The highest BCUT2D eigenvalue weighted by atomic mass is 16.2. The van der Waals surface area contributed by atoms with Gasteiger partial charge in [0.1, 0.15) is 0 Å². The molecule has 6 heteroatoms. The summed E-state index contributed by atoms with van der Waals surface area (Å²) in [5.74, 6) is 0.251. The number of likely N-dealkylation sites (tertiary alicyclic amines) is 2. The lowest BCUT2D eigenvalue weighted by molar-refractivity contribution is -0.141. The normalized spacial score (nSPS) is 27.4. The first-order valence-electron chi connectivity index (χ1n) is 9.26. The molecule has 4 rings (SSSR count). The third kappa shape index (κ3) is 2.72. The van der Waals surface area contributed by atoms with E-state index < -0.39 is 0 Å². The Kier molecular flexibility index (Phi) is 4.06. The molecule has 1 aliphatic carbocycles. The van der Waals surface area contributed by atoms with E-state index in [-0.39, 0.29) is 23.8 Å². The number of rotatable bonds is 2. The summed E-state index contributed by atoms with van der Waals surface area (Å²) < 4.78 is 0. The molecule has 2 fully saturated rings. The van der Waals surface area contributed by atoms with Crippen molar-refractivity contribution in [3.63, 3.8) is 0 Å². The Morgan fingerprint density at radius 1 is 1.17 bits per heavy atom. The Labute approximate surface area is 142 Å². The number of nitrogens with zero attached hydrogens (tertiary/aromatic N) is 3. The Morgan fingerprint density at radius 2 is 2.08 bits per heavy atom. The average Bonchev–Trinajstić information content (AvgIpc) is 3.12. The second kappa shape index (κ2) is 6.22. The van der Waals surface area contributed by atoms with Crippen molar-refractivity contribution in [2.75, 3.05) is 26.2 Å². The molecule has 0 aromatic carbocycles. The van der Waals surface area contributed by atoms with E-state index >= 15 is 0 Å². The van der Waals surface area contributed by atoms with Crippen LogP contribution in [0.4, 0.5) is 0 Å². The first kappa shape index (κ1) is 15.7. The Balaban J connectivity index is 1.45. The number of H-pyrrole nitrogens is 1. The number of carbonyl (C=O) groups excluding carboxylic acids is 2. The maximum atomic E-state index is 12.8. The van der Waals surface area contributed by atoms with Crippen LogP contribution in [0.25, 0.3) is 0 Å². The number of amides is 2. The van der Waals surface area contributed by atoms with Gasteiger partial charge in [-0.25, -0.2) is 0 Å². The maximum absolute atomic E-state index is 12.8. The molecule has 0 saturated carbocycles. The summed E-state index contributed by atoms with van der Waals surface area (Å²) in [7, 11) is 0. The summed E-state index contributed by atoms with van der Waals surface area (Å²) in [6.45, 7) is 2.56. The van der Waals surface area contributed by atoms with Crippen molar-refractivity contribution in [1.82, 2.24) is 20.0 Å². The number of carbonyl (C=O) groups is 2. The lowest BCUT2D eigenvalue weighted by atomic mass is 9.77. The minimum atomic E-state index is 0.0581. The summed E-state index contributed by atoms with van der Waals surface area (Å²) >= 11 is 0. The van der Waals surface area contributed by atoms with Crippen LogP contribution in [0.15, 0.2) is 6.20 Å². The molecule has 1 atom stereocenters. The Bertz CT molecular complexity index is 641. The van der Waals surface area contributed by atoms with Gasteiger partial charge < -0.3 is 9.80 Å². The number of hydrogen-bond donors (Lipinski definition) is 1. The quantitative estimate of drug-likeness (QED) is 0.896. The minimum Gasteiger partial charge on any atom is -0.340 e. The zero-order valence-corrected chi connectivity index (χ0v) is 14.2. The number of aromatic amines is 1. The van der Waals surface area contributed by atoms with E-state index in [2.05, 4.69) is 10.2 Å². The van der Waals surface area contributed by atoms with E-state index in [0.29, 0.717) is 6.42 Å². The number of piperidine rings is 1. The molecule has 2 amide bonds. The third-order valence-electron chi connectivity index (χ3n) is 6.05. The molecule has 2 saturated heterocycles. The van der Waals surface area contributed by atoms with Crippen LogP contribution in [-0.4, -0.2) is 58.0 Å². The molecule has 0 bridgehead atoms. The second-order valence-electron chi connectivity index (χ2n) is 7.60. The van der Waals surface area contributed by atoms with Crippen LogP contribution in [0.3, 0.4) is 0 Å². The Hall–Kier alpha value is -1.85. The molecule has 1 spiro atoms. The van der Waals surface area contributed by atoms with Crippen LogP contribution in [0.5, 0.6) is 0 Å². The van der Waals surface area contributed by atoms with Crippen LogP contribution < -0.4 is 0 Å². The first-order valence-corrected chi connectivity index (χ1v) is 9.26. The molecule has 1 aromatic heterocycles. The number of nitrogens with one attached hydrogen (secondary N) is 1. The molecular weight excluding hydrogens is 304 g/mol. The smallest absolute Gasteiger partial charge is 0.242 e. The van der Waals surface area contributed by atoms with Gasteiger partial charge in [-0.1, -0.05) is 6.42 Å². The molecule has 3 aliphatic rings. The fourth-order valence-corrected chi connectivity index (χ4v) is 4.68. The molecule has 130 valence electrons. The Morgan fingerprint density at radius 3 is 3.00 bits per heavy atom. The van der Waals surface area contributed by atoms with Crippen LogP contribution in [0.1, 0.15) is 56.2 Å². The predicted molar refractivity (Wildman–Crippen MR) is 89.4 cm³/mol. The van der Waals surface area contributed by atoms with Crippen LogP contribution in [0, 0.1) is 0 Å². The molecule has 2 aliphatic heterocycles. The van der Waals surface area contributed by atoms with Gasteiger partial charge in [-0.2, -0.15) is 5.10 Å². The van der Waals surface area contributed by atoms with Gasteiger partial charge in [0.25, 0.3) is 0 Å². The molecule has 3 heterocycles. The fourth-order valence-electron chi connectivity index (χ4n) is 4.68. The summed E-state index contributed by atoms with van der Waals surface area (Å²) in [6, 6.07) is 0.